The number of amides is 2. The molecular weight excluding hydrogens is 364 g/mol. The van der Waals surface area contributed by atoms with Gasteiger partial charge in [0.1, 0.15) is 16.9 Å². The van der Waals surface area contributed by atoms with E-state index in [0.29, 0.717) is 56.3 Å². The monoisotopic (exact) mass is 392 g/mol. The average Bonchev–Trinajstić information content (AvgIpc) is 3.16. The van der Waals surface area contributed by atoms with Gasteiger partial charge in [-0.1, -0.05) is 0 Å². The van der Waals surface area contributed by atoms with E-state index in [-0.39, 0.29) is 5.91 Å². The third kappa shape index (κ3) is 3.93. The lowest BCUT2D eigenvalue weighted by Gasteiger charge is -2.40. The van der Waals surface area contributed by atoms with Crippen molar-refractivity contribution in [3.8, 4) is 11.5 Å². The Balaban J connectivity index is 1.66. The van der Waals surface area contributed by atoms with Crippen molar-refractivity contribution in [2.75, 3.05) is 45.8 Å². The maximum absolute atomic E-state index is 13.0. The Labute approximate surface area is 165 Å². The van der Waals surface area contributed by atoms with E-state index >= 15 is 0 Å². The molecule has 2 saturated heterocycles. The topological polar surface area (TPSA) is 86.3 Å². The van der Waals surface area contributed by atoms with Crippen molar-refractivity contribution in [3.63, 3.8) is 0 Å². The van der Waals surface area contributed by atoms with Crippen molar-refractivity contribution in [2.24, 2.45) is 5.41 Å². The molecule has 3 rings (SSSR count). The number of ether oxygens (including phenoxy) is 4. The fraction of sp³-hybridized carbons (Fsp3) is 0.600. The molecule has 0 bridgehead atoms. The van der Waals surface area contributed by atoms with Gasteiger partial charge in [0.05, 0.1) is 33.1 Å². The number of methoxy groups -OCH3 is 2. The fourth-order valence-corrected chi connectivity index (χ4v) is 3.51. The quantitative estimate of drug-likeness (QED) is 0.772. The van der Waals surface area contributed by atoms with Crippen LogP contribution in [0, 0.1) is 5.41 Å². The van der Waals surface area contributed by atoms with Crippen LogP contribution < -0.4 is 14.8 Å². The lowest BCUT2D eigenvalue weighted by molar-refractivity contribution is -0.189. The first-order valence-electron chi connectivity index (χ1n) is 9.42. The Kier molecular flexibility index (Phi) is 5.81. The summed E-state index contributed by atoms with van der Waals surface area (Å²) in [7, 11) is 3.07. The number of carbonyl (C=O) groups is 2. The van der Waals surface area contributed by atoms with Crippen LogP contribution in [0.1, 0.15) is 26.7 Å². The number of hydrogen-bond acceptors (Lipinski definition) is 6. The summed E-state index contributed by atoms with van der Waals surface area (Å²) in [4.78, 5) is 27.6. The van der Waals surface area contributed by atoms with E-state index in [1.54, 1.807) is 44.1 Å². The molecule has 1 spiro atoms. The van der Waals surface area contributed by atoms with Crippen molar-refractivity contribution < 1.29 is 28.5 Å². The molecule has 0 aliphatic carbocycles. The largest absolute Gasteiger partial charge is 0.497 e. The third-order valence-corrected chi connectivity index (χ3v) is 5.39. The maximum atomic E-state index is 13.0. The molecule has 1 N–H and O–H groups in total. The second kappa shape index (κ2) is 7.97. The number of rotatable bonds is 5. The Morgan fingerprint density at radius 2 is 1.75 bits per heavy atom. The number of anilines is 1. The molecule has 0 atom stereocenters. The number of benzene rings is 1. The molecule has 0 unspecified atom stereocenters. The number of piperidine rings is 1. The van der Waals surface area contributed by atoms with Crippen LogP contribution in [0.3, 0.4) is 0 Å². The minimum absolute atomic E-state index is 0.217. The molecule has 0 radical (unpaired) electrons. The summed E-state index contributed by atoms with van der Waals surface area (Å²) in [6, 6.07) is 5.09. The number of hydrogen-bond donors (Lipinski definition) is 1. The van der Waals surface area contributed by atoms with Gasteiger partial charge in [-0.15, -0.1) is 0 Å². The van der Waals surface area contributed by atoms with Crippen molar-refractivity contribution in [1.82, 2.24) is 4.90 Å². The summed E-state index contributed by atoms with van der Waals surface area (Å²) in [5, 5.41) is 2.81. The zero-order valence-electron chi connectivity index (χ0n) is 16.9. The van der Waals surface area contributed by atoms with E-state index in [0.717, 1.165) is 0 Å². The van der Waals surface area contributed by atoms with Gasteiger partial charge in [0.15, 0.2) is 5.79 Å². The molecule has 2 heterocycles. The van der Waals surface area contributed by atoms with Gasteiger partial charge in [-0.2, -0.15) is 0 Å². The number of carbonyl (C=O) groups excluding carboxylic acids is 2. The van der Waals surface area contributed by atoms with Crippen molar-refractivity contribution in [3.05, 3.63) is 18.2 Å². The first-order valence-corrected chi connectivity index (χ1v) is 9.42. The molecule has 154 valence electrons. The van der Waals surface area contributed by atoms with E-state index < -0.39 is 17.1 Å². The summed E-state index contributed by atoms with van der Waals surface area (Å²) < 4.78 is 21.9. The average molecular weight is 392 g/mol. The zero-order chi connectivity index (χ0) is 20.4. The molecule has 2 aliphatic rings. The molecule has 0 aromatic heterocycles. The molecule has 8 nitrogen and oxygen atoms in total. The Hall–Kier alpha value is -2.32. The first-order chi connectivity index (χ1) is 13.3. The smallest absolute Gasteiger partial charge is 0.239 e. The van der Waals surface area contributed by atoms with Crippen molar-refractivity contribution in [2.45, 2.75) is 32.5 Å². The molecular formula is C20H28N2O6. The van der Waals surface area contributed by atoms with Gasteiger partial charge in [0.25, 0.3) is 0 Å². The van der Waals surface area contributed by atoms with Gasteiger partial charge in [-0.05, 0) is 26.0 Å². The minimum atomic E-state index is -1.23. The van der Waals surface area contributed by atoms with Gasteiger partial charge in [0.2, 0.25) is 11.8 Å². The van der Waals surface area contributed by atoms with Crippen LogP contribution in [0.15, 0.2) is 18.2 Å². The van der Waals surface area contributed by atoms with E-state index in [2.05, 4.69) is 5.32 Å². The molecule has 1 aromatic carbocycles. The van der Waals surface area contributed by atoms with Gasteiger partial charge in [-0.25, -0.2) is 0 Å². The van der Waals surface area contributed by atoms with Crippen LogP contribution in [0.2, 0.25) is 0 Å². The van der Waals surface area contributed by atoms with Crippen LogP contribution in [0.5, 0.6) is 11.5 Å². The van der Waals surface area contributed by atoms with Gasteiger partial charge in [-0.3, -0.25) is 9.59 Å². The van der Waals surface area contributed by atoms with E-state index in [1.165, 1.54) is 7.11 Å². The summed E-state index contributed by atoms with van der Waals surface area (Å²) in [6.07, 6.45) is 1.23. The molecule has 28 heavy (non-hydrogen) atoms. The second-order valence-electron chi connectivity index (χ2n) is 7.55. The second-order valence-corrected chi connectivity index (χ2v) is 7.55. The number of likely N-dealkylation sites (tertiary alicyclic amines) is 1. The molecule has 2 amide bonds. The minimum Gasteiger partial charge on any atom is -0.497 e. The summed E-state index contributed by atoms with van der Waals surface area (Å²) in [6.45, 7) is 5.45. The van der Waals surface area contributed by atoms with Crippen molar-refractivity contribution >= 4 is 17.5 Å². The summed E-state index contributed by atoms with van der Waals surface area (Å²) in [5.74, 6) is -0.0882. The maximum Gasteiger partial charge on any atom is 0.239 e. The fourth-order valence-electron chi connectivity index (χ4n) is 3.51. The van der Waals surface area contributed by atoms with Crippen LogP contribution in [-0.4, -0.2) is 63.0 Å². The van der Waals surface area contributed by atoms with Crippen LogP contribution in [0.25, 0.3) is 0 Å². The van der Waals surface area contributed by atoms with Gasteiger partial charge in [0, 0.05) is 32.0 Å². The zero-order valence-corrected chi connectivity index (χ0v) is 16.9. The highest BCUT2D eigenvalue weighted by Gasteiger charge is 2.45. The normalized spacial score (nSPS) is 18.8. The Morgan fingerprint density at radius 3 is 2.32 bits per heavy atom. The third-order valence-electron chi connectivity index (χ3n) is 5.39. The van der Waals surface area contributed by atoms with E-state index in [9.17, 15) is 9.59 Å². The van der Waals surface area contributed by atoms with Crippen molar-refractivity contribution in [1.29, 1.82) is 0 Å². The lowest BCUT2D eigenvalue weighted by atomic mass is 9.88. The lowest BCUT2D eigenvalue weighted by Crippen LogP contribution is -2.53. The Morgan fingerprint density at radius 1 is 1.11 bits per heavy atom. The number of nitrogens with one attached hydrogen (secondary N) is 1. The molecule has 8 heteroatoms. The summed E-state index contributed by atoms with van der Waals surface area (Å²) >= 11 is 0. The first kappa shape index (κ1) is 20.4. The summed E-state index contributed by atoms with van der Waals surface area (Å²) in [5.41, 5.74) is -0.744. The predicted molar refractivity (Wildman–Crippen MR) is 102 cm³/mol. The Bertz CT molecular complexity index is 732. The molecule has 2 aliphatic heterocycles. The molecule has 1 aromatic rings. The molecule has 2 fully saturated rings. The van der Waals surface area contributed by atoms with Gasteiger partial charge >= 0.3 is 0 Å². The highest BCUT2D eigenvalue weighted by molar-refractivity contribution is 6.10. The van der Waals surface area contributed by atoms with Crippen LogP contribution >= 0.6 is 0 Å². The number of nitrogens with zero attached hydrogens (tertiary/aromatic N) is 1. The highest BCUT2D eigenvalue weighted by Crippen LogP contribution is 2.34. The van der Waals surface area contributed by atoms with E-state index in [4.69, 9.17) is 18.9 Å². The highest BCUT2D eigenvalue weighted by atomic mass is 16.7. The standard InChI is InChI=1S/C20H28N2O6/c1-19(2,17(23)21-15-6-5-14(25-3)13-16(15)26-4)18(24)22-9-7-20(8-10-22)27-11-12-28-20/h5-6,13H,7-12H2,1-4H3,(H,21,23). The van der Waals surface area contributed by atoms with Crippen LogP contribution in [0.4, 0.5) is 5.69 Å². The SMILES string of the molecule is COc1ccc(NC(=O)C(C)(C)C(=O)N2CCC3(CC2)OCCO3)c(OC)c1. The van der Waals surface area contributed by atoms with E-state index in [1.807, 2.05) is 0 Å². The van der Waals surface area contributed by atoms with Crippen LogP contribution in [-0.2, 0) is 19.1 Å². The molecule has 0 saturated carbocycles. The predicted octanol–water partition coefficient (Wildman–Crippen LogP) is 2.03. The van der Waals surface area contributed by atoms with Gasteiger partial charge < -0.3 is 29.2 Å².